The van der Waals surface area contributed by atoms with E-state index in [9.17, 15) is 4.79 Å². The van der Waals surface area contributed by atoms with Crippen LogP contribution in [0.15, 0.2) is 84.0 Å². The number of aromatic nitrogens is 3. The number of hydrogen-bond acceptors (Lipinski definition) is 4. The molecule has 4 aromatic rings. The van der Waals surface area contributed by atoms with Crippen molar-refractivity contribution in [3.05, 3.63) is 111 Å². The maximum absolute atomic E-state index is 12.4. The van der Waals surface area contributed by atoms with E-state index in [1.54, 1.807) is 30.0 Å². The average Bonchev–Trinajstić information content (AvgIpc) is 3.23. The summed E-state index contributed by atoms with van der Waals surface area (Å²) in [5.41, 5.74) is 4.03. The van der Waals surface area contributed by atoms with Crippen molar-refractivity contribution in [2.24, 2.45) is 0 Å². The molecule has 0 aliphatic heterocycles. The first kappa shape index (κ1) is 24.1. The number of rotatable bonds is 8. The molecule has 5 nitrogen and oxygen atoms in total. The average molecular weight is 509 g/mol. The van der Waals surface area contributed by atoms with E-state index in [2.05, 4.69) is 40.6 Å². The van der Waals surface area contributed by atoms with Gasteiger partial charge in [-0.1, -0.05) is 95.1 Å². The third-order valence-corrected chi connectivity index (χ3v) is 6.49. The smallest absolute Gasteiger partial charge is 0.244 e. The number of halogens is 2. The summed E-state index contributed by atoms with van der Waals surface area (Å²) in [6.07, 6.45) is 3.26. The lowest BCUT2D eigenvalue weighted by Crippen LogP contribution is -2.22. The van der Waals surface area contributed by atoms with Crippen molar-refractivity contribution in [2.45, 2.75) is 24.4 Å². The van der Waals surface area contributed by atoms with Gasteiger partial charge in [-0.15, -0.1) is 10.2 Å². The Bertz CT molecular complexity index is 1320. The van der Waals surface area contributed by atoms with Gasteiger partial charge in [-0.2, -0.15) is 0 Å². The molecule has 4 rings (SSSR count). The second kappa shape index (κ2) is 11.4. The molecule has 0 aliphatic carbocycles. The van der Waals surface area contributed by atoms with Gasteiger partial charge in [-0.3, -0.25) is 9.36 Å². The third-order valence-electron chi connectivity index (χ3n) is 4.95. The summed E-state index contributed by atoms with van der Waals surface area (Å²) in [4.78, 5) is 12.4. The Hall–Kier alpha value is -3.06. The lowest BCUT2D eigenvalue weighted by Gasteiger charge is -2.12. The molecule has 0 radical (unpaired) electrons. The normalized spacial score (nSPS) is 11.1. The van der Waals surface area contributed by atoms with E-state index in [1.807, 2.05) is 47.0 Å². The first-order valence-electron chi connectivity index (χ1n) is 10.6. The van der Waals surface area contributed by atoms with Gasteiger partial charge >= 0.3 is 0 Å². The number of thioether (sulfide) groups is 1. The second-order valence-corrected chi connectivity index (χ2v) is 9.36. The van der Waals surface area contributed by atoms with Crippen LogP contribution in [0.2, 0.25) is 10.0 Å². The molecule has 0 aliphatic rings. The molecule has 0 fully saturated rings. The number of benzene rings is 3. The number of hydrogen-bond donors (Lipinski definition) is 1. The maximum Gasteiger partial charge on any atom is 0.244 e. The van der Waals surface area contributed by atoms with Crippen LogP contribution in [0.4, 0.5) is 0 Å². The number of nitrogens with one attached hydrogen (secondary N) is 1. The van der Waals surface area contributed by atoms with Crippen LogP contribution in [0.25, 0.3) is 11.8 Å². The van der Waals surface area contributed by atoms with E-state index >= 15 is 0 Å². The van der Waals surface area contributed by atoms with E-state index < -0.39 is 0 Å². The minimum absolute atomic E-state index is 0.189. The Balaban J connectivity index is 1.55. The van der Waals surface area contributed by atoms with Crippen LogP contribution >= 0.6 is 35.0 Å². The molecule has 1 N–H and O–H groups in total. The Labute approximate surface area is 212 Å². The minimum Gasteiger partial charge on any atom is -0.345 e. The SMILES string of the molecule is Cc1cccc(CSc2nnc(CNC(=O)/C=C/c3ccccc3)n2-c2ccc(Cl)cc2Cl)c1. The number of carbonyl (C=O) groups excluding carboxylic acids is 1. The van der Waals surface area contributed by atoms with Gasteiger partial charge in [0.1, 0.15) is 0 Å². The molecule has 0 saturated heterocycles. The van der Waals surface area contributed by atoms with Crippen molar-refractivity contribution in [2.75, 3.05) is 0 Å². The van der Waals surface area contributed by atoms with Crippen LogP contribution in [0.1, 0.15) is 22.5 Å². The monoisotopic (exact) mass is 508 g/mol. The summed E-state index contributed by atoms with van der Waals surface area (Å²) in [6.45, 7) is 2.26. The molecule has 0 saturated carbocycles. The van der Waals surface area contributed by atoms with E-state index in [4.69, 9.17) is 23.2 Å². The van der Waals surface area contributed by atoms with Crippen molar-refractivity contribution >= 4 is 46.9 Å². The zero-order chi connectivity index (χ0) is 23.9. The molecular weight excluding hydrogens is 487 g/mol. The lowest BCUT2D eigenvalue weighted by atomic mass is 10.2. The largest absolute Gasteiger partial charge is 0.345 e. The molecule has 1 aromatic heterocycles. The van der Waals surface area contributed by atoms with Crippen LogP contribution in [0.3, 0.4) is 0 Å². The molecule has 8 heteroatoms. The Morgan fingerprint density at radius 1 is 1.03 bits per heavy atom. The fourth-order valence-corrected chi connectivity index (χ4v) is 4.72. The first-order chi connectivity index (χ1) is 16.5. The summed E-state index contributed by atoms with van der Waals surface area (Å²) in [5, 5.41) is 13.3. The second-order valence-electron chi connectivity index (χ2n) is 7.57. The fourth-order valence-electron chi connectivity index (χ4n) is 3.32. The molecule has 1 heterocycles. The highest BCUT2D eigenvalue weighted by molar-refractivity contribution is 7.98. The van der Waals surface area contributed by atoms with Gasteiger partial charge in [-0.25, -0.2) is 0 Å². The molecule has 0 unspecified atom stereocenters. The Kier molecular flexibility index (Phi) is 8.06. The van der Waals surface area contributed by atoms with Crippen molar-refractivity contribution in [1.29, 1.82) is 0 Å². The number of amides is 1. The summed E-state index contributed by atoms with van der Waals surface area (Å²) in [5.74, 6) is 1.06. The van der Waals surface area contributed by atoms with Crippen molar-refractivity contribution in [3.63, 3.8) is 0 Å². The van der Waals surface area contributed by atoms with Crippen LogP contribution in [-0.4, -0.2) is 20.7 Å². The fraction of sp³-hybridized carbons (Fsp3) is 0.115. The molecule has 3 aromatic carbocycles. The van der Waals surface area contributed by atoms with Gasteiger partial charge in [0.05, 0.1) is 17.3 Å². The summed E-state index contributed by atoms with van der Waals surface area (Å²) >= 11 is 14.2. The van der Waals surface area contributed by atoms with E-state index in [1.165, 1.54) is 17.2 Å². The van der Waals surface area contributed by atoms with E-state index in [0.29, 0.717) is 26.7 Å². The van der Waals surface area contributed by atoms with Crippen molar-refractivity contribution in [1.82, 2.24) is 20.1 Å². The number of carbonyl (C=O) groups is 1. The molecule has 34 heavy (non-hydrogen) atoms. The highest BCUT2D eigenvalue weighted by atomic mass is 35.5. The van der Waals surface area contributed by atoms with E-state index in [-0.39, 0.29) is 12.5 Å². The predicted molar refractivity (Wildman–Crippen MR) is 139 cm³/mol. The molecular formula is C26H22Cl2N4OS. The van der Waals surface area contributed by atoms with Gasteiger partial charge in [0.25, 0.3) is 0 Å². The molecule has 1 amide bonds. The third kappa shape index (κ3) is 6.29. The van der Waals surface area contributed by atoms with Crippen LogP contribution < -0.4 is 5.32 Å². The molecule has 0 bridgehead atoms. The summed E-state index contributed by atoms with van der Waals surface area (Å²) < 4.78 is 1.86. The Morgan fingerprint density at radius 2 is 1.85 bits per heavy atom. The standard InChI is InChI=1S/C26H22Cl2N4OS/c1-18-6-5-9-20(14-18)17-34-26-31-30-24(32(26)23-12-11-21(27)15-22(23)28)16-29-25(33)13-10-19-7-3-2-4-8-19/h2-15H,16-17H2,1H3,(H,29,33)/b13-10+. The number of nitrogens with zero attached hydrogens (tertiary/aromatic N) is 3. The summed E-state index contributed by atoms with van der Waals surface area (Å²) in [7, 11) is 0. The van der Waals surface area contributed by atoms with Gasteiger partial charge in [0.2, 0.25) is 5.91 Å². The molecule has 0 atom stereocenters. The van der Waals surface area contributed by atoms with Crippen molar-refractivity contribution < 1.29 is 4.79 Å². The van der Waals surface area contributed by atoms with Crippen molar-refractivity contribution in [3.8, 4) is 5.69 Å². The van der Waals surface area contributed by atoms with E-state index in [0.717, 1.165) is 11.3 Å². The minimum atomic E-state index is -0.227. The maximum atomic E-state index is 12.4. The first-order valence-corrected chi connectivity index (χ1v) is 12.3. The highest BCUT2D eigenvalue weighted by Crippen LogP contribution is 2.30. The summed E-state index contributed by atoms with van der Waals surface area (Å²) in [6, 6.07) is 23.2. The molecule has 0 spiro atoms. The Morgan fingerprint density at radius 3 is 2.62 bits per heavy atom. The molecule has 172 valence electrons. The predicted octanol–water partition coefficient (Wildman–Crippen LogP) is 6.50. The van der Waals surface area contributed by atoms with Gasteiger partial charge in [-0.05, 0) is 42.3 Å². The zero-order valence-electron chi connectivity index (χ0n) is 18.4. The quantitative estimate of drug-likeness (QED) is 0.218. The van der Waals surface area contributed by atoms with Crippen LogP contribution in [-0.2, 0) is 17.1 Å². The highest BCUT2D eigenvalue weighted by Gasteiger charge is 2.17. The van der Waals surface area contributed by atoms with Crippen LogP contribution in [0.5, 0.6) is 0 Å². The number of aryl methyl sites for hydroxylation is 1. The van der Waals surface area contributed by atoms with Gasteiger partial charge in [0, 0.05) is 16.9 Å². The topological polar surface area (TPSA) is 59.8 Å². The van der Waals surface area contributed by atoms with Crippen LogP contribution in [0, 0.1) is 6.92 Å². The van der Waals surface area contributed by atoms with Gasteiger partial charge < -0.3 is 5.32 Å². The van der Waals surface area contributed by atoms with Gasteiger partial charge in [0.15, 0.2) is 11.0 Å². The lowest BCUT2D eigenvalue weighted by molar-refractivity contribution is -0.116. The zero-order valence-corrected chi connectivity index (χ0v) is 20.7.